The molecule has 1 fully saturated rings. The number of rotatable bonds is 8. The third-order valence-electron chi connectivity index (χ3n) is 6.86. The van der Waals surface area contributed by atoms with Crippen LogP contribution >= 0.6 is 11.3 Å². The number of methoxy groups -OCH3 is 2. The molecule has 0 saturated heterocycles. The molecule has 0 spiro atoms. The van der Waals surface area contributed by atoms with Crippen molar-refractivity contribution in [2.45, 2.75) is 50.5 Å². The zero-order chi connectivity index (χ0) is 27.8. The Balaban J connectivity index is 1.63. The number of sulfonamides is 1. The molecule has 0 atom stereocenters. The number of aromatic nitrogens is 1. The molecule has 38 heavy (non-hydrogen) atoms. The lowest BCUT2D eigenvalue weighted by molar-refractivity contribution is 0.0691. The molecule has 4 rings (SSSR count). The smallest absolute Gasteiger partial charge is 0.338 e. The van der Waals surface area contributed by atoms with Gasteiger partial charge in [0.15, 0.2) is 16.6 Å². The summed E-state index contributed by atoms with van der Waals surface area (Å²) in [6.45, 7) is 4.45. The van der Waals surface area contributed by atoms with Crippen molar-refractivity contribution in [1.29, 1.82) is 0 Å². The lowest BCUT2D eigenvalue weighted by Crippen LogP contribution is -2.20. The van der Waals surface area contributed by atoms with Gasteiger partial charge in [-0.2, -0.15) is 8.42 Å². The van der Waals surface area contributed by atoms with E-state index in [9.17, 15) is 17.6 Å². The van der Waals surface area contributed by atoms with Crippen molar-refractivity contribution in [2.75, 3.05) is 18.9 Å². The predicted octanol–water partition coefficient (Wildman–Crippen LogP) is 6.29. The van der Waals surface area contributed by atoms with Gasteiger partial charge in [0.05, 0.1) is 31.0 Å². The Morgan fingerprint density at radius 1 is 1.16 bits per heavy atom. The highest BCUT2D eigenvalue weighted by atomic mass is 32.2. The van der Waals surface area contributed by atoms with Crippen LogP contribution in [-0.4, -0.2) is 38.7 Å². The molecule has 12 heteroatoms. The van der Waals surface area contributed by atoms with Crippen molar-refractivity contribution in [2.24, 2.45) is 5.41 Å². The van der Waals surface area contributed by atoms with E-state index in [2.05, 4.69) is 23.6 Å². The number of halogens is 2. The monoisotopic (exact) mass is 566 g/mol. The molecule has 3 aromatic rings. The van der Waals surface area contributed by atoms with Crippen LogP contribution < -0.4 is 14.2 Å². The van der Waals surface area contributed by atoms with E-state index < -0.39 is 38.2 Å². The number of carboxylic acids is 1. The van der Waals surface area contributed by atoms with E-state index in [4.69, 9.17) is 14.6 Å². The number of aromatic carboxylic acids is 1. The predicted molar refractivity (Wildman–Crippen MR) is 140 cm³/mol. The van der Waals surface area contributed by atoms with Gasteiger partial charge in [0, 0.05) is 17.0 Å². The van der Waals surface area contributed by atoms with Crippen LogP contribution in [0.15, 0.2) is 34.7 Å². The van der Waals surface area contributed by atoms with Gasteiger partial charge in [0.1, 0.15) is 16.6 Å². The number of carbonyl (C=O) groups is 1. The van der Waals surface area contributed by atoms with Gasteiger partial charge < -0.3 is 14.6 Å². The molecule has 2 N–H and O–H groups in total. The van der Waals surface area contributed by atoms with Crippen LogP contribution in [0.25, 0.3) is 10.6 Å². The van der Waals surface area contributed by atoms with Gasteiger partial charge in [-0.25, -0.2) is 18.6 Å². The van der Waals surface area contributed by atoms with Crippen LogP contribution in [0.3, 0.4) is 0 Å². The topological polar surface area (TPSA) is 115 Å². The lowest BCUT2D eigenvalue weighted by atomic mass is 9.71. The number of nitrogens with one attached hydrogen (secondary N) is 1. The number of hydrogen-bond donors (Lipinski definition) is 2. The summed E-state index contributed by atoms with van der Waals surface area (Å²) in [6.07, 6.45) is 3.90. The summed E-state index contributed by atoms with van der Waals surface area (Å²) in [5.74, 6) is -3.19. The SMILES string of the molecule is COc1cc(C(=O)O)c(F)cc1NS(=O)(=O)c1csc(-c2ccc(C3CCC(C)(C)CC3)c(OC)c2F)n1. The van der Waals surface area contributed by atoms with Crippen LogP contribution in [0.4, 0.5) is 14.5 Å². The highest BCUT2D eigenvalue weighted by molar-refractivity contribution is 7.92. The quantitative estimate of drug-likeness (QED) is 0.329. The van der Waals surface area contributed by atoms with Gasteiger partial charge in [0.25, 0.3) is 10.0 Å². The average Bonchev–Trinajstić information content (AvgIpc) is 3.35. The molecular weight excluding hydrogens is 538 g/mol. The second kappa shape index (κ2) is 10.5. The molecule has 1 aliphatic rings. The van der Waals surface area contributed by atoms with Gasteiger partial charge in [-0.15, -0.1) is 11.3 Å². The Hall–Kier alpha value is -3.25. The number of anilines is 1. The number of carboxylic acid groups (broad SMARTS) is 1. The van der Waals surface area contributed by atoms with Gasteiger partial charge in [0.2, 0.25) is 0 Å². The summed E-state index contributed by atoms with van der Waals surface area (Å²) in [7, 11) is -1.76. The Morgan fingerprint density at radius 3 is 2.45 bits per heavy atom. The van der Waals surface area contributed by atoms with Crippen LogP contribution in [-0.2, 0) is 10.0 Å². The molecular formula is C26H28F2N2O6S2. The van der Waals surface area contributed by atoms with Gasteiger partial charge in [-0.1, -0.05) is 19.9 Å². The van der Waals surface area contributed by atoms with Crippen molar-refractivity contribution < 1.29 is 36.6 Å². The van der Waals surface area contributed by atoms with E-state index in [1.165, 1.54) is 19.6 Å². The molecule has 1 saturated carbocycles. The minimum atomic E-state index is -4.35. The van der Waals surface area contributed by atoms with Crippen LogP contribution in [0, 0.1) is 17.0 Å². The summed E-state index contributed by atoms with van der Waals surface area (Å²) in [5, 5.41) is 10.0. The lowest BCUT2D eigenvalue weighted by Gasteiger charge is -2.35. The van der Waals surface area contributed by atoms with E-state index in [1.54, 1.807) is 6.07 Å². The largest absolute Gasteiger partial charge is 0.495 e. The summed E-state index contributed by atoms with van der Waals surface area (Å²) >= 11 is 0.925. The van der Waals surface area contributed by atoms with Crippen molar-refractivity contribution in [1.82, 2.24) is 4.98 Å². The Kier molecular flexibility index (Phi) is 7.67. The highest BCUT2D eigenvalue weighted by Gasteiger charge is 2.31. The van der Waals surface area contributed by atoms with E-state index in [-0.39, 0.29) is 39.1 Å². The maximum absolute atomic E-state index is 15.6. The third kappa shape index (κ3) is 5.46. The normalized spacial score (nSPS) is 15.7. The number of benzene rings is 2. The molecule has 204 valence electrons. The summed E-state index contributed by atoms with van der Waals surface area (Å²) in [6, 6.07) is 4.98. The molecule has 1 heterocycles. The number of nitrogens with zero attached hydrogens (tertiary/aromatic N) is 1. The van der Waals surface area contributed by atoms with Crippen molar-refractivity contribution in [3.05, 3.63) is 52.4 Å². The molecule has 0 bridgehead atoms. The minimum absolute atomic E-state index is 0.0997. The first kappa shape index (κ1) is 27.8. The maximum Gasteiger partial charge on any atom is 0.338 e. The van der Waals surface area contributed by atoms with Crippen molar-refractivity contribution >= 4 is 33.0 Å². The average molecular weight is 567 g/mol. The summed E-state index contributed by atoms with van der Waals surface area (Å²) in [5.41, 5.74) is 0.160. The third-order valence-corrected chi connectivity index (χ3v) is 9.14. The second-order valence-electron chi connectivity index (χ2n) is 9.92. The van der Waals surface area contributed by atoms with Crippen molar-refractivity contribution in [3.63, 3.8) is 0 Å². The highest BCUT2D eigenvalue weighted by Crippen LogP contribution is 2.46. The zero-order valence-corrected chi connectivity index (χ0v) is 22.9. The first-order valence-corrected chi connectivity index (χ1v) is 14.2. The van der Waals surface area contributed by atoms with Gasteiger partial charge in [-0.05, 0) is 49.1 Å². The van der Waals surface area contributed by atoms with E-state index in [0.717, 1.165) is 48.6 Å². The fraction of sp³-hybridized carbons (Fsp3) is 0.385. The van der Waals surface area contributed by atoms with E-state index in [1.807, 2.05) is 6.07 Å². The fourth-order valence-electron chi connectivity index (χ4n) is 4.64. The second-order valence-corrected chi connectivity index (χ2v) is 12.4. The Bertz CT molecular complexity index is 1480. The van der Waals surface area contributed by atoms with Crippen LogP contribution in [0.1, 0.15) is 61.4 Å². The van der Waals surface area contributed by atoms with E-state index in [0.29, 0.717) is 6.07 Å². The molecule has 0 radical (unpaired) electrons. The number of thiazole rings is 1. The Morgan fingerprint density at radius 2 is 1.84 bits per heavy atom. The standard InChI is InChI=1S/C26H28F2N2O6S2/c1-26(2)9-7-14(8-10-26)15-5-6-16(22(28)23(15)36-4)24-29-21(13-37-24)38(33,34)30-19-12-18(27)17(25(31)32)11-20(19)35-3/h5-6,11-14,30H,7-10H2,1-4H3,(H,31,32). The minimum Gasteiger partial charge on any atom is -0.495 e. The van der Waals surface area contributed by atoms with Crippen molar-refractivity contribution in [3.8, 4) is 22.1 Å². The summed E-state index contributed by atoms with van der Waals surface area (Å²) in [4.78, 5) is 15.3. The first-order valence-electron chi connectivity index (χ1n) is 11.8. The fourth-order valence-corrected chi connectivity index (χ4v) is 6.82. The zero-order valence-electron chi connectivity index (χ0n) is 21.3. The van der Waals surface area contributed by atoms with Crippen LogP contribution in [0.2, 0.25) is 0 Å². The van der Waals surface area contributed by atoms with Gasteiger partial charge >= 0.3 is 5.97 Å². The molecule has 0 aliphatic heterocycles. The molecule has 1 aromatic heterocycles. The summed E-state index contributed by atoms with van der Waals surface area (Å²) < 4.78 is 68.4. The van der Waals surface area contributed by atoms with Gasteiger partial charge in [-0.3, -0.25) is 4.72 Å². The van der Waals surface area contributed by atoms with E-state index >= 15 is 4.39 Å². The molecule has 1 aliphatic carbocycles. The Labute approximate surface area is 223 Å². The number of ether oxygens (including phenoxy) is 2. The molecule has 0 unspecified atom stereocenters. The molecule has 0 amide bonds. The molecule has 2 aromatic carbocycles. The first-order chi connectivity index (χ1) is 17.9. The maximum atomic E-state index is 15.6. The number of hydrogen-bond acceptors (Lipinski definition) is 7. The van der Waals surface area contributed by atoms with Crippen LogP contribution in [0.5, 0.6) is 11.5 Å². The molecule has 8 nitrogen and oxygen atoms in total.